The molecular weight excluding hydrogens is 226 g/mol. The summed E-state index contributed by atoms with van der Waals surface area (Å²) >= 11 is 0. The van der Waals surface area contributed by atoms with E-state index in [2.05, 4.69) is 4.98 Å². The van der Waals surface area contributed by atoms with E-state index in [1.165, 1.54) is 16.8 Å². The van der Waals surface area contributed by atoms with E-state index in [0.29, 0.717) is 0 Å². The molecule has 0 radical (unpaired) electrons. The van der Waals surface area contributed by atoms with Gasteiger partial charge in [0.25, 0.3) is 0 Å². The molecule has 1 saturated carbocycles. The Morgan fingerprint density at radius 1 is 1.59 bits per heavy atom. The number of nitrogens with two attached hydrogens (primary N) is 1. The van der Waals surface area contributed by atoms with E-state index < -0.39 is 5.69 Å². The second-order valence-electron chi connectivity index (χ2n) is 4.11. The minimum absolute atomic E-state index is 0.0197. The number of nitrogen functional groups attached to an aromatic ring is 1. The monoisotopic (exact) mass is 237 g/mol. The number of hydrogen-bond donors (Lipinski definition) is 3. The molecule has 7 nitrogen and oxygen atoms in total. The van der Waals surface area contributed by atoms with E-state index >= 15 is 0 Å². The maximum atomic E-state index is 11.6. The molecule has 3 rings (SSSR count). The first-order valence-electron chi connectivity index (χ1n) is 5.17. The molecule has 2 aliphatic rings. The van der Waals surface area contributed by atoms with Crippen molar-refractivity contribution in [2.75, 3.05) is 12.3 Å². The van der Waals surface area contributed by atoms with Crippen LogP contribution in [0.2, 0.25) is 0 Å². The number of fused-ring (bicyclic) bond motifs is 1. The predicted molar refractivity (Wildman–Crippen MR) is 57.1 cm³/mol. The van der Waals surface area contributed by atoms with E-state index in [0.717, 1.165) is 0 Å². The predicted octanol–water partition coefficient (Wildman–Crippen LogP) is -0.843. The molecule has 0 bridgehead atoms. The molecule has 3 atom stereocenters. The van der Waals surface area contributed by atoms with Crippen molar-refractivity contribution >= 4 is 5.82 Å². The number of rotatable bonds is 2. The molecule has 0 amide bonds. The van der Waals surface area contributed by atoms with Crippen LogP contribution in [0.5, 0.6) is 0 Å². The first-order chi connectivity index (χ1) is 8.13. The fourth-order valence-corrected chi connectivity index (χ4v) is 2.24. The van der Waals surface area contributed by atoms with Crippen LogP contribution < -0.4 is 11.4 Å². The minimum atomic E-state index is -0.466. The van der Waals surface area contributed by atoms with Crippen LogP contribution in [0.3, 0.4) is 0 Å². The molecule has 0 spiro atoms. The Morgan fingerprint density at radius 3 is 2.88 bits per heavy atom. The van der Waals surface area contributed by atoms with Crippen LogP contribution in [0.25, 0.3) is 0 Å². The van der Waals surface area contributed by atoms with Gasteiger partial charge < -0.3 is 20.7 Å². The summed E-state index contributed by atoms with van der Waals surface area (Å²) in [5.41, 5.74) is 4.92. The molecule has 4 N–H and O–H groups in total. The highest BCUT2D eigenvalue weighted by molar-refractivity contribution is 5.29. The fourth-order valence-electron chi connectivity index (χ4n) is 2.24. The van der Waals surface area contributed by atoms with Gasteiger partial charge in [0.15, 0.2) is 5.76 Å². The summed E-state index contributed by atoms with van der Waals surface area (Å²) in [4.78, 5) is 15.2. The van der Waals surface area contributed by atoms with Crippen molar-refractivity contribution in [2.45, 2.75) is 12.1 Å². The maximum Gasteiger partial charge on any atom is 0.349 e. The summed E-state index contributed by atoms with van der Waals surface area (Å²) in [7, 11) is 0. The van der Waals surface area contributed by atoms with Gasteiger partial charge in [0.1, 0.15) is 24.3 Å². The summed E-state index contributed by atoms with van der Waals surface area (Å²) in [5.74, 6) is 0.105. The Kier molecular flexibility index (Phi) is 1.93. The van der Waals surface area contributed by atoms with Crippen molar-refractivity contribution in [1.29, 1.82) is 0 Å². The number of anilines is 1. The van der Waals surface area contributed by atoms with Crippen LogP contribution in [0.15, 0.2) is 28.6 Å². The average molecular weight is 237 g/mol. The molecule has 1 aromatic heterocycles. The molecule has 17 heavy (non-hydrogen) atoms. The second kappa shape index (κ2) is 3.24. The number of aromatic nitrogens is 2. The lowest BCUT2D eigenvalue weighted by atomic mass is 10.3. The van der Waals surface area contributed by atoms with Gasteiger partial charge in [0.2, 0.25) is 0 Å². The first-order valence-corrected chi connectivity index (χ1v) is 5.17. The van der Waals surface area contributed by atoms with Gasteiger partial charge in [-0.15, -0.1) is 0 Å². The molecule has 1 aliphatic carbocycles. The molecule has 0 saturated heterocycles. The van der Waals surface area contributed by atoms with Crippen molar-refractivity contribution in [3.8, 4) is 0 Å². The van der Waals surface area contributed by atoms with Crippen LogP contribution in [0.1, 0.15) is 6.04 Å². The minimum Gasteiger partial charge on any atom is -0.508 e. The molecule has 2 unspecified atom stereocenters. The molecule has 1 aliphatic heterocycles. The number of nitrogens with zero attached hydrogens (tertiary/aromatic N) is 2. The lowest BCUT2D eigenvalue weighted by Crippen LogP contribution is -2.24. The summed E-state index contributed by atoms with van der Waals surface area (Å²) in [5, 5.41) is 18.6. The molecule has 1 fully saturated rings. The Morgan fingerprint density at radius 2 is 2.35 bits per heavy atom. The number of aliphatic hydroxyl groups is 2. The van der Waals surface area contributed by atoms with E-state index in [-0.39, 0.29) is 42.0 Å². The molecular formula is C10H11N3O4. The van der Waals surface area contributed by atoms with Crippen molar-refractivity contribution in [3.63, 3.8) is 0 Å². The van der Waals surface area contributed by atoms with Gasteiger partial charge in [0, 0.05) is 6.20 Å². The maximum absolute atomic E-state index is 11.6. The van der Waals surface area contributed by atoms with E-state index in [1.54, 1.807) is 0 Å². The Labute approximate surface area is 95.8 Å². The Bertz CT molecular complexity index is 565. The highest BCUT2D eigenvalue weighted by Gasteiger charge is 2.62. The van der Waals surface area contributed by atoms with Gasteiger partial charge in [-0.1, -0.05) is 0 Å². The zero-order valence-corrected chi connectivity index (χ0v) is 8.78. The van der Waals surface area contributed by atoms with Gasteiger partial charge in [-0.05, 0) is 6.07 Å². The van der Waals surface area contributed by atoms with E-state index in [4.69, 9.17) is 15.6 Å². The SMILES string of the molecule is Nc1ccn([C@@H]2C3OC(CO)=C(O)C32)c(=O)n1. The third-order valence-corrected chi connectivity index (χ3v) is 3.11. The second-order valence-corrected chi connectivity index (χ2v) is 4.11. The van der Waals surface area contributed by atoms with Gasteiger partial charge in [-0.3, -0.25) is 4.57 Å². The van der Waals surface area contributed by atoms with Gasteiger partial charge in [0.05, 0.1) is 12.0 Å². The van der Waals surface area contributed by atoms with Crippen LogP contribution in [-0.4, -0.2) is 32.5 Å². The Hall–Kier alpha value is -2.02. The first kappa shape index (κ1) is 10.2. The average Bonchev–Trinajstić information content (AvgIpc) is 2.89. The summed E-state index contributed by atoms with van der Waals surface area (Å²) in [6, 6.07) is 1.26. The number of aliphatic hydroxyl groups excluding tert-OH is 2. The summed E-state index contributed by atoms with van der Waals surface area (Å²) < 4.78 is 6.69. The number of hydrogen-bond acceptors (Lipinski definition) is 6. The standard InChI is InChI=1S/C10H11N3O4/c11-5-1-2-13(10(16)12-5)7-6-8(15)4(3-14)17-9(6)7/h1-2,6-7,9,14-15H,3H2,(H2,11,12,16)/t6?,7-,9?/m0/s1. The highest BCUT2D eigenvalue weighted by atomic mass is 16.5. The quantitative estimate of drug-likeness (QED) is 0.618. The number of ether oxygens (including phenoxy) is 1. The van der Waals surface area contributed by atoms with Crippen LogP contribution >= 0.6 is 0 Å². The zero-order valence-electron chi connectivity index (χ0n) is 8.78. The van der Waals surface area contributed by atoms with Crippen LogP contribution in [0, 0.1) is 5.92 Å². The summed E-state index contributed by atoms with van der Waals surface area (Å²) in [6.45, 7) is -0.333. The third-order valence-electron chi connectivity index (χ3n) is 3.11. The molecule has 1 aromatic rings. The van der Waals surface area contributed by atoms with Gasteiger partial charge in [-0.2, -0.15) is 4.98 Å². The topological polar surface area (TPSA) is 111 Å². The largest absolute Gasteiger partial charge is 0.508 e. The van der Waals surface area contributed by atoms with Crippen molar-refractivity contribution in [1.82, 2.24) is 9.55 Å². The van der Waals surface area contributed by atoms with Crippen molar-refractivity contribution in [2.24, 2.45) is 5.92 Å². The van der Waals surface area contributed by atoms with Crippen LogP contribution in [0.4, 0.5) is 5.82 Å². The van der Waals surface area contributed by atoms with Crippen LogP contribution in [-0.2, 0) is 4.74 Å². The molecule has 2 heterocycles. The molecule has 90 valence electrons. The smallest absolute Gasteiger partial charge is 0.349 e. The Balaban J connectivity index is 1.92. The highest BCUT2D eigenvalue weighted by Crippen LogP contribution is 2.55. The zero-order chi connectivity index (χ0) is 12.2. The van der Waals surface area contributed by atoms with E-state index in [1.807, 2.05) is 0 Å². The fraction of sp³-hybridized carbons (Fsp3) is 0.400. The lowest BCUT2D eigenvalue weighted by molar-refractivity contribution is 0.143. The molecule has 7 heteroatoms. The van der Waals surface area contributed by atoms with Crippen molar-refractivity contribution in [3.05, 3.63) is 34.3 Å². The van der Waals surface area contributed by atoms with Gasteiger partial charge in [-0.25, -0.2) is 4.79 Å². The van der Waals surface area contributed by atoms with E-state index in [9.17, 15) is 9.90 Å². The summed E-state index contributed by atoms with van der Waals surface area (Å²) in [6.07, 6.45) is 1.24. The van der Waals surface area contributed by atoms with Crippen molar-refractivity contribution < 1.29 is 14.9 Å². The normalized spacial score (nSPS) is 30.1. The third kappa shape index (κ3) is 1.32. The lowest BCUT2D eigenvalue weighted by Gasteiger charge is -2.09. The molecule has 0 aromatic carbocycles. The van der Waals surface area contributed by atoms with Gasteiger partial charge >= 0.3 is 5.69 Å².